The summed E-state index contributed by atoms with van der Waals surface area (Å²) < 4.78 is 0. The first-order valence-corrected chi connectivity index (χ1v) is 3.91. The van der Waals surface area contributed by atoms with E-state index in [1.54, 1.807) is 5.70 Å². The van der Waals surface area contributed by atoms with Gasteiger partial charge < -0.3 is 5.32 Å². The van der Waals surface area contributed by atoms with Crippen LogP contribution in [-0.2, 0) is 0 Å². The van der Waals surface area contributed by atoms with Crippen molar-refractivity contribution in [3.8, 4) is 0 Å². The number of hydrogen-bond donors (Lipinski definition) is 1. The number of rotatable bonds is 0. The average Bonchev–Trinajstić information content (AvgIpc) is 2.33. The van der Waals surface area contributed by atoms with Crippen molar-refractivity contribution in [2.24, 2.45) is 5.92 Å². The normalized spacial score (nSPS) is 32.9. The molecule has 2 rings (SSSR count). The van der Waals surface area contributed by atoms with E-state index >= 15 is 0 Å². The van der Waals surface area contributed by atoms with Crippen LogP contribution in [-0.4, -0.2) is 6.54 Å². The molecule has 1 atom stereocenters. The maximum atomic E-state index is 3.42. The van der Waals surface area contributed by atoms with Crippen LogP contribution in [0.2, 0.25) is 0 Å². The maximum Gasteiger partial charge on any atom is 0.0150 e. The second-order valence-corrected chi connectivity index (χ2v) is 3.00. The van der Waals surface area contributed by atoms with Gasteiger partial charge in [0.05, 0.1) is 0 Å². The number of nitrogens with one attached hydrogen (secondary N) is 1. The van der Waals surface area contributed by atoms with E-state index < -0.39 is 0 Å². The summed E-state index contributed by atoms with van der Waals surface area (Å²) in [6.07, 6.45) is 7.90. The molecule has 0 unspecified atom stereocenters. The molecule has 9 heavy (non-hydrogen) atoms. The summed E-state index contributed by atoms with van der Waals surface area (Å²) in [4.78, 5) is 0. The standard InChI is InChI=1S/C8H13N/c1-2-4-8-7(3-1)5-6-9-8/h4,7,9H,1-3,5-6H2/t7-/m1/s1. The Bertz CT molecular complexity index is 138. The molecule has 0 radical (unpaired) electrons. The number of fused-ring (bicyclic) bond motifs is 1. The van der Waals surface area contributed by atoms with Crippen LogP contribution in [0.4, 0.5) is 0 Å². The van der Waals surface area contributed by atoms with Gasteiger partial charge in [0.25, 0.3) is 0 Å². The van der Waals surface area contributed by atoms with Crippen molar-refractivity contribution in [3.63, 3.8) is 0 Å². The quantitative estimate of drug-likeness (QED) is 0.516. The van der Waals surface area contributed by atoms with E-state index in [2.05, 4.69) is 11.4 Å². The summed E-state index contributed by atoms with van der Waals surface area (Å²) in [6.45, 7) is 1.22. The van der Waals surface area contributed by atoms with E-state index in [9.17, 15) is 0 Å². The van der Waals surface area contributed by atoms with Crippen LogP contribution in [0.25, 0.3) is 0 Å². The Morgan fingerprint density at radius 1 is 1.44 bits per heavy atom. The molecule has 1 aliphatic carbocycles. The molecule has 1 heterocycles. The molecule has 1 fully saturated rings. The Morgan fingerprint density at radius 2 is 2.44 bits per heavy atom. The molecule has 1 N–H and O–H groups in total. The molecular weight excluding hydrogens is 110 g/mol. The highest BCUT2D eigenvalue weighted by Gasteiger charge is 2.21. The topological polar surface area (TPSA) is 12.0 Å². The van der Waals surface area contributed by atoms with Crippen LogP contribution in [0.15, 0.2) is 11.8 Å². The van der Waals surface area contributed by atoms with Crippen LogP contribution in [0.3, 0.4) is 0 Å². The molecule has 0 amide bonds. The Hall–Kier alpha value is -0.460. The van der Waals surface area contributed by atoms with Crippen molar-refractivity contribution < 1.29 is 0 Å². The molecule has 0 spiro atoms. The van der Waals surface area contributed by atoms with Crippen molar-refractivity contribution in [1.29, 1.82) is 0 Å². The Morgan fingerprint density at radius 3 is 3.33 bits per heavy atom. The molecule has 0 aromatic carbocycles. The highest BCUT2D eigenvalue weighted by atomic mass is 14.9. The zero-order valence-corrected chi connectivity index (χ0v) is 5.69. The zero-order chi connectivity index (χ0) is 6.10. The highest BCUT2D eigenvalue weighted by Crippen LogP contribution is 2.28. The SMILES string of the molecule is C1=C2NCC[C@H]2CCC1. The molecule has 0 aromatic heterocycles. The average molecular weight is 123 g/mol. The number of hydrogen-bond acceptors (Lipinski definition) is 1. The van der Waals surface area contributed by atoms with Crippen molar-refractivity contribution in [2.45, 2.75) is 25.7 Å². The molecule has 1 heteroatoms. The fourth-order valence-electron chi connectivity index (χ4n) is 1.85. The van der Waals surface area contributed by atoms with Gasteiger partial charge in [-0.3, -0.25) is 0 Å². The molecule has 1 saturated heterocycles. The van der Waals surface area contributed by atoms with Gasteiger partial charge in [-0.1, -0.05) is 6.08 Å². The lowest BCUT2D eigenvalue weighted by Crippen LogP contribution is -2.09. The zero-order valence-electron chi connectivity index (χ0n) is 5.69. The van der Waals surface area contributed by atoms with E-state index in [1.165, 1.54) is 32.2 Å². The molecule has 1 aliphatic heterocycles. The second-order valence-electron chi connectivity index (χ2n) is 3.00. The van der Waals surface area contributed by atoms with Crippen molar-refractivity contribution in [3.05, 3.63) is 11.8 Å². The van der Waals surface area contributed by atoms with Gasteiger partial charge in [-0.2, -0.15) is 0 Å². The van der Waals surface area contributed by atoms with Gasteiger partial charge in [-0.15, -0.1) is 0 Å². The number of allylic oxidation sites excluding steroid dienone is 2. The summed E-state index contributed by atoms with van der Waals surface area (Å²) in [5.74, 6) is 0.916. The molecule has 2 aliphatic rings. The molecule has 1 nitrogen and oxygen atoms in total. The van der Waals surface area contributed by atoms with Crippen LogP contribution < -0.4 is 5.32 Å². The second kappa shape index (κ2) is 2.05. The smallest absolute Gasteiger partial charge is 0.0150 e. The van der Waals surface area contributed by atoms with Gasteiger partial charge in [0.1, 0.15) is 0 Å². The first-order valence-electron chi connectivity index (χ1n) is 3.91. The lowest BCUT2D eigenvalue weighted by molar-refractivity contribution is 0.530. The summed E-state index contributed by atoms with van der Waals surface area (Å²) >= 11 is 0. The monoisotopic (exact) mass is 123 g/mol. The minimum Gasteiger partial charge on any atom is -0.388 e. The summed E-state index contributed by atoms with van der Waals surface area (Å²) in [6, 6.07) is 0. The Labute approximate surface area is 56.1 Å². The van der Waals surface area contributed by atoms with Gasteiger partial charge in [-0.05, 0) is 31.6 Å². The van der Waals surface area contributed by atoms with Crippen molar-refractivity contribution in [2.75, 3.05) is 6.54 Å². The van der Waals surface area contributed by atoms with Crippen molar-refractivity contribution >= 4 is 0 Å². The van der Waals surface area contributed by atoms with E-state index in [0.29, 0.717) is 0 Å². The molecule has 0 bridgehead atoms. The van der Waals surface area contributed by atoms with E-state index in [1.807, 2.05) is 0 Å². The fourth-order valence-corrected chi connectivity index (χ4v) is 1.85. The Balaban J connectivity index is 2.16. The summed E-state index contributed by atoms with van der Waals surface area (Å²) in [7, 11) is 0. The lowest BCUT2D eigenvalue weighted by atomic mass is 9.93. The van der Waals surface area contributed by atoms with Crippen LogP contribution in [0, 0.1) is 5.92 Å². The highest BCUT2D eigenvalue weighted by molar-refractivity contribution is 5.11. The van der Waals surface area contributed by atoms with Gasteiger partial charge >= 0.3 is 0 Å². The predicted octanol–water partition coefficient (Wildman–Crippen LogP) is 1.66. The molecule has 0 aromatic rings. The maximum absolute atomic E-state index is 3.42. The van der Waals surface area contributed by atoms with Crippen molar-refractivity contribution in [1.82, 2.24) is 5.32 Å². The van der Waals surface area contributed by atoms with E-state index in [4.69, 9.17) is 0 Å². The predicted molar refractivity (Wildman–Crippen MR) is 38.0 cm³/mol. The summed E-state index contributed by atoms with van der Waals surface area (Å²) in [5, 5.41) is 3.42. The third-order valence-corrected chi connectivity index (χ3v) is 2.38. The van der Waals surface area contributed by atoms with Crippen LogP contribution in [0.1, 0.15) is 25.7 Å². The van der Waals surface area contributed by atoms with E-state index in [-0.39, 0.29) is 0 Å². The third-order valence-electron chi connectivity index (χ3n) is 2.38. The first kappa shape index (κ1) is 5.33. The van der Waals surface area contributed by atoms with E-state index in [0.717, 1.165) is 5.92 Å². The Kier molecular flexibility index (Phi) is 1.22. The van der Waals surface area contributed by atoms with Gasteiger partial charge in [0.2, 0.25) is 0 Å². The minimum atomic E-state index is 0.916. The van der Waals surface area contributed by atoms with Gasteiger partial charge in [0.15, 0.2) is 0 Å². The fraction of sp³-hybridized carbons (Fsp3) is 0.750. The van der Waals surface area contributed by atoms with Gasteiger partial charge in [-0.25, -0.2) is 0 Å². The van der Waals surface area contributed by atoms with Gasteiger partial charge in [0, 0.05) is 12.2 Å². The largest absolute Gasteiger partial charge is 0.388 e. The van der Waals surface area contributed by atoms with Crippen LogP contribution in [0.5, 0.6) is 0 Å². The summed E-state index contributed by atoms with van der Waals surface area (Å²) in [5.41, 5.74) is 1.54. The molecular formula is C8H13N. The van der Waals surface area contributed by atoms with Crippen LogP contribution >= 0.6 is 0 Å². The third kappa shape index (κ3) is 0.846. The molecule has 50 valence electrons. The molecule has 0 saturated carbocycles. The lowest BCUT2D eigenvalue weighted by Gasteiger charge is -2.15. The minimum absolute atomic E-state index is 0.916. The first-order chi connectivity index (χ1) is 4.47.